The largest absolute Gasteiger partial charge is 0.573 e. The summed E-state index contributed by atoms with van der Waals surface area (Å²) in [4.78, 5) is 45.7. The molecule has 11 nitrogen and oxygen atoms in total. The third kappa shape index (κ3) is 9.07. The van der Waals surface area contributed by atoms with E-state index in [1.54, 1.807) is 0 Å². The monoisotopic (exact) mass is 565 g/mol. The summed E-state index contributed by atoms with van der Waals surface area (Å²) in [6, 6.07) is 8.33. The molecule has 200 valence electrons. The molecule has 1 unspecified atom stereocenters. The summed E-state index contributed by atoms with van der Waals surface area (Å²) in [5.41, 5.74) is -2.77. The number of anilines is 1. The second-order valence-electron chi connectivity index (χ2n) is 7.37. The van der Waals surface area contributed by atoms with Crippen molar-refractivity contribution in [2.45, 2.75) is 29.7 Å². The Bertz CT molecular complexity index is 1280. The summed E-state index contributed by atoms with van der Waals surface area (Å²) in [5.74, 6) is -5.23. The summed E-state index contributed by atoms with van der Waals surface area (Å²) < 4.78 is 67.4. The lowest BCUT2D eigenvalue weighted by molar-refractivity contribution is -0.274. The van der Waals surface area contributed by atoms with E-state index in [-0.39, 0.29) is 16.1 Å². The number of carboxylic acids is 2. The minimum atomic E-state index is -4.94. The Hall–Kier alpha value is -3.63. The van der Waals surface area contributed by atoms with Crippen LogP contribution in [0.4, 0.5) is 18.9 Å². The van der Waals surface area contributed by atoms with Crippen LogP contribution in [0.2, 0.25) is 0 Å². The number of sulfonamides is 1. The van der Waals surface area contributed by atoms with Crippen molar-refractivity contribution in [3.63, 3.8) is 0 Å². The van der Waals surface area contributed by atoms with Crippen molar-refractivity contribution >= 4 is 50.3 Å². The summed E-state index contributed by atoms with van der Waals surface area (Å²) in [5, 5.41) is 26.6. The lowest BCUT2D eigenvalue weighted by Crippen LogP contribution is -2.42. The van der Waals surface area contributed by atoms with Gasteiger partial charge in [0.1, 0.15) is 5.75 Å². The number of carbonyl (C=O) groups is 4. The van der Waals surface area contributed by atoms with Gasteiger partial charge in [-0.1, -0.05) is 11.8 Å². The van der Waals surface area contributed by atoms with Gasteiger partial charge in [-0.2, -0.15) is 0 Å². The number of Topliss-reactive ketones (excluding diaryl/α,β-unsaturated/α-hetero) is 1. The smallest absolute Gasteiger partial charge is 0.481 e. The molecule has 4 N–H and O–H groups in total. The molecular formula is C21H18F3NO10S2. The molecule has 2 aromatic rings. The van der Waals surface area contributed by atoms with Crippen LogP contribution >= 0.6 is 11.8 Å². The van der Waals surface area contributed by atoms with Gasteiger partial charge >= 0.3 is 18.3 Å². The summed E-state index contributed by atoms with van der Waals surface area (Å²) >= 11 is 0.370. The first kappa shape index (κ1) is 29.6. The maximum absolute atomic E-state index is 12.4. The van der Waals surface area contributed by atoms with Crippen molar-refractivity contribution in [1.29, 1.82) is 0 Å². The fraction of sp³-hybridized carbons (Fsp3) is 0.238. The fourth-order valence-electron chi connectivity index (χ4n) is 2.74. The average Bonchev–Trinajstić information content (AvgIpc) is 2.76. The van der Waals surface area contributed by atoms with E-state index < -0.39 is 69.2 Å². The van der Waals surface area contributed by atoms with Crippen molar-refractivity contribution < 1.29 is 60.8 Å². The van der Waals surface area contributed by atoms with Gasteiger partial charge in [0.25, 0.3) is 10.0 Å². The second kappa shape index (κ2) is 11.6. The van der Waals surface area contributed by atoms with Crippen molar-refractivity contribution in [2.24, 2.45) is 0 Å². The van der Waals surface area contributed by atoms with Crippen LogP contribution in [-0.4, -0.2) is 64.3 Å². The predicted molar refractivity (Wildman–Crippen MR) is 122 cm³/mol. The molecule has 0 aromatic heterocycles. The summed E-state index contributed by atoms with van der Waals surface area (Å²) in [7, 11) is -4.20. The van der Waals surface area contributed by atoms with E-state index in [0.717, 1.165) is 24.3 Å². The van der Waals surface area contributed by atoms with Crippen molar-refractivity contribution in [1.82, 2.24) is 0 Å². The quantitative estimate of drug-likeness (QED) is 0.277. The Labute approximate surface area is 211 Å². The lowest BCUT2D eigenvalue weighted by Gasteiger charge is -2.19. The molecule has 0 spiro atoms. The SMILES string of the molecule is O=C(O)CC(O)(CC(=O)SCC(=O)c1ccc(NS(=O)(=O)c2ccc(OC(F)(F)F)cc2)cc1)C(=O)O. The van der Waals surface area contributed by atoms with Gasteiger partial charge in [0.2, 0.25) is 0 Å². The Balaban J connectivity index is 1.98. The van der Waals surface area contributed by atoms with Crippen LogP contribution in [0.3, 0.4) is 0 Å². The fourth-order valence-corrected chi connectivity index (χ4v) is 4.60. The average molecular weight is 566 g/mol. The zero-order chi connectivity index (χ0) is 28.0. The highest BCUT2D eigenvalue weighted by Crippen LogP contribution is 2.25. The lowest BCUT2D eigenvalue weighted by atomic mass is 9.96. The van der Waals surface area contributed by atoms with Gasteiger partial charge in [-0.15, -0.1) is 13.2 Å². The highest BCUT2D eigenvalue weighted by Gasteiger charge is 2.40. The molecule has 0 aliphatic rings. The third-order valence-corrected chi connectivity index (χ3v) is 6.74. The molecule has 16 heteroatoms. The molecular weight excluding hydrogens is 547 g/mol. The Morgan fingerprint density at radius 2 is 1.49 bits per heavy atom. The number of aliphatic hydroxyl groups is 1. The van der Waals surface area contributed by atoms with E-state index in [4.69, 9.17) is 10.2 Å². The van der Waals surface area contributed by atoms with Gasteiger partial charge in [0.05, 0.1) is 23.5 Å². The van der Waals surface area contributed by atoms with Gasteiger partial charge in [-0.05, 0) is 48.5 Å². The van der Waals surface area contributed by atoms with E-state index in [9.17, 15) is 45.9 Å². The number of carboxylic acid groups (broad SMARTS) is 2. The summed E-state index contributed by atoms with van der Waals surface area (Å²) in [6.07, 6.45) is -7.20. The van der Waals surface area contributed by atoms with E-state index in [2.05, 4.69) is 9.46 Å². The molecule has 0 saturated carbocycles. The minimum absolute atomic E-state index is 0.0103. The molecule has 2 rings (SSSR count). The zero-order valence-corrected chi connectivity index (χ0v) is 20.0. The first-order chi connectivity index (χ1) is 17.0. The molecule has 37 heavy (non-hydrogen) atoms. The van der Waals surface area contributed by atoms with Gasteiger partial charge in [-0.3, -0.25) is 19.1 Å². The molecule has 1 atom stereocenters. The highest BCUT2D eigenvalue weighted by molar-refractivity contribution is 8.14. The second-order valence-corrected chi connectivity index (χ2v) is 10.1. The first-order valence-electron chi connectivity index (χ1n) is 9.86. The number of thioether (sulfide) groups is 1. The van der Waals surface area contributed by atoms with Crippen molar-refractivity contribution in [3.8, 4) is 5.75 Å². The maximum Gasteiger partial charge on any atom is 0.573 e. The molecule has 0 aliphatic carbocycles. The van der Waals surface area contributed by atoms with Gasteiger partial charge < -0.3 is 20.1 Å². The molecule has 0 bridgehead atoms. The van der Waals surface area contributed by atoms with E-state index in [1.165, 1.54) is 24.3 Å². The number of aliphatic carboxylic acids is 2. The Kier molecular flexibility index (Phi) is 9.29. The molecule has 0 aliphatic heterocycles. The molecule has 0 radical (unpaired) electrons. The number of nitrogens with one attached hydrogen (secondary N) is 1. The number of carbonyl (C=O) groups excluding carboxylic acids is 2. The van der Waals surface area contributed by atoms with E-state index >= 15 is 0 Å². The topological polar surface area (TPSA) is 184 Å². The standard InChI is InChI=1S/C21H18F3NO10S2/c22-21(23,24)35-14-5-7-15(8-6-14)37(33,34)25-13-3-1-12(2-4-13)16(26)11-36-18(29)10-20(32,19(30)31)9-17(27)28/h1-8,25,32H,9-11H2,(H,27,28)(H,30,31). The molecule has 0 heterocycles. The normalized spacial score (nSPS) is 13.3. The van der Waals surface area contributed by atoms with Crippen LogP contribution in [-0.2, 0) is 24.4 Å². The van der Waals surface area contributed by atoms with Crippen molar-refractivity contribution in [2.75, 3.05) is 10.5 Å². The number of benzene rings is 2. The Morgan fingerprint density at radius 3 is 1.97 bits per heavy atom. The first-order valence-corrected chi connectivity index (χ1v) is 12.3. The maximum atomic E-state index is 12.4. The summed E-state index contributed by atoms with van der Waals surface area (Å²) in [6.45, 7) is 0. The number of halogens is 3. The van der Waals surface area contributed by atoms with E-state index in [0.29, 0.717) is 11.8 Å². The third-order valence-electron chi connectivity index (χ3n) is 4.47. The number of ether oxygens (including phenoxy) is 1. The predicted octanol–water partition coefficient (Wildman–Crippen LogP) is 2.51. The molecule has 2 aromatic carbocycles. The number of hydrogen-bond donors (Lipinski definition) is 4. The number of hydrogen-bond acceptors (Lipinski definition) is 9. The highest BCUT2D eigenvalue weighted by atomic mass is 32.2. The Morgan fingerprint density at radius 1 is 0.919 bits per heavy atom. The number of rotatable bonds is 12. The van der Waals surface area contributed by atoms with Crippen LogP contribution in [0.15, 0.2) is 53.4 Å². The zero-order valence-electron chi connectivity index (χ0n) is 18.4. The van der Waals surface area contributed by atoms with Gasteiger partial charge in [0.15, 0.2) is 16.5 Å². The van der Waals surface area contributed by atoms with Crippen LogP contribution < -0.4 is 9.46 Å². The molecule has 0 amide bonds. The molecule has 0 fully saturated rings. The van der Waals surface area contributed by atoms with Gasteiger partial charge in [-0.25, -0.2) is 13.2 Å². The van der Waals surface area contributed by atoms with E-state index in [1.807, 2.05) is 0 Å². The van der Waals surface area contributed by atoms with Gasteiger partial charge in [0, 0.05) is 11.3 Å². The van der Waals surface area contributed by atoms with Crippen LogP contribution in [0.1, 0.15) is 23.2 Å². The van der Waals surface area contributed by atoms with Crippen LogP contribution in [0, 0.1) is 0 Å². The van der Waals surface area contributed by atoms with Crippen molar-refractivity contribution in [3.05, 3.63) is 54.1 Å². The number of ketones is 1. The van der Waals surface area contributed by atoms with Crippen LogP contribution in [0.25, 0.3) is 0 Å². The minimum Gasteiger partial charge on any atom is -0.481 e. The molecule has 0 saturated heterocycles. The van der Waals surface area contributed by atoms with Crippen LogP contribution in [0.5, 0.6) is 5.75 Å². The number of alkyl halides is 3.